The molecule has 11 heteroatoms. The van der Waals surface area contributed by atoms with E-state index in [9.17, 15) is 24.6 Å². The van der Waals surface area contributed by atoms with Gasteiger partial charge in [0.1, 0.15) is 11.9 Å². The van der Waals surface area contributed by atoms with Crippen LogP contribution in [0.25, 0.3) is 11.1 Å². The molecule has 51 heavy (non-hydrogen) atoms. The van der Waals surface area contributed by atoms with Crippen LogP contribution < -0.4 is 21.3 Å². The Morgan fingerprint density at radius 3 is 2.41 bits per heavy atom. The monoisotopic (exact) mass is 693 g/mol. The molecule has 6 N–H and O–H groups in total. The van der Waals surface area contributed by atoms with Gasteiger partial charge in [0.05, 0.1) is 17.5 Å². The Bertz CT molecular complexity index is 1790. The smallest absolute Gasteiger partial charge is 0.411 e. The van der Waals surface area contributed by atoms with Crippen LogP contribution in [0.3, 0.4) is 0 Å². The van der Waals surface area contributed by atoms with E-state index >= 15 is 0 Å². The molecule has 0 unspecified atom stereocenters. The van der Waals surface area contributed by atoms with Gasteiger partial charge in [-0.1, -0.05) is 67.6 Å². The summed E-state index contributed by atoms with van der Waals surface area (Å²) >= 11 is 0. The number of benzene rings is 4. The number of aliphatic hydroxyl groups excluding tert-OH is 1. The molecule has 1 saturated heterocycles. The van der Waals surface area contributed by atoms with Crippen molar-refractivity contribution in [2.24, 2.45) is 0 Å². The summed E-state index contributed by atoms with van der Waals surface area (Å²) < 4.78 is 5.76. The number of carbonyl (C=O) groups excluding carboxylic acids is 3. The van der Waals surface area contributed by atoms with Gasteiger partial charge in [-0.2, -0.15) is 0 Å². The van der Waals surface area contributed by atoms with Crippen molar-refractivity contribution >= 4 is 35.5 Å². The van der Waals surface area contributed by atoms with Crippen molar-refractivity contribution < 1.29 is 29.3 Å². The number of piperidine rings is 1. The summed E-state index contributed by atoms with van der Waals surface area (Å²) in [6.45, 7) is 6.92. The van der Waals surface area contributed by atoms with Crippen molar-refractivity contribution in [3.63, 3.8) is 0 Å². The second-order valence-corrected chi connectivity index (χ2v) is 12.8. The SMILES string of the molecule is CCc1cc(NC(=O)CCN2CCC(OC(=O)Nc3ccccc3-c3ccccc3)CC2)c(C)cc1CNC[C@@H](O)c1ccc(O)c(NC=O)c1. The predicted octanol–water partition coefficient (Wildman–Crippen LogP) is 6.36. The number of phenolic OH excluding ortho intramolecular Hbond substituents is 1. The zero-order chi connectivity index (χ0) is 36.2. The molecule has 11 nitrogen and oxygen atoms in total. The van der Waals surface area contributed by atoms with Crippen LogP contribution in [0.4, 0.5) is 21.9 Å². The van der Waals surface area contributed by atoms with Crippen LogP contribution in [0.5, 0.6) is 5.75 Å². The first-order valence-electron chi connectivity index (χ1n) is 17.4. The summed E-state index contributed by atoms with van der Waals surface area (Å²) in [5.74, 6) is -0.127. The number of nitrogens with zero attached hydrogens (tertiary/aromatic N) is 1. The Kier molecular flexibility index (Phi) is 13.2. The quantitative estimate of drug-likeness (QED) is 0.0622. The minimum absolute atomic E-state index is 0.0543. The molecule has 1 aliphatic rings. The topological polar surface area (TPSA) is 152 Å². The molecule has 268 valence electrons. The van der Waals surface area contributed by atoms with Crippen molar-refractivity contribution in [3.8, 4) is 16.9 Å². The maximum atomic E-state index is 13.0. The Labute approximate surface area is 299 Å². The molecular weight excluding hydrogens is 646 g/mol. The highest BCUT2D eigenvalue weighted by molar-refractivity contribution is 5.92. The maximum absolute atomic E-state index is 13.0. The summed E-state index contributed by atoms with van der Waals surface area (Å²) in [4.78, 5) is 38.8. The first kappa shape index (κ1) is 37.0. The average molecular weight is 694 g/mol. The Balaban J connectivity index is 1.04. The highest BCUT2D eigenvalue weighted by atomic mass is 16.6. The molecule has 3 amide bonds. The van der Waals surface area contributed by atoms with Crippen molar-refractivity contribution in [3.05, 3.63) is 107 Å². The van der Waals surface area contributed by atoms with Gasteiger partial charge >= 0.3 is 6.09 Å². The van der Waals surface area contributed by atoms with Gasteiger partial charge in [-0.3, -0.25) is 14.9 Å². The fourth-order valence-corrected chi connectivity index (χ4v) is 6.32. The fraction of sp³-hybridized carbons (Fsp3) is 0.325. The Morgan fingerprint density at radius 1 is 0.922 bits per heavy atom. The van der Waals surface area contributed by atoms with E-state index < -0.39 is 12.2 Å². The number of para-hydroxylation sites is 1. The minimum Gasteiger partial charge on any atom is -0.506 e. The molecule has 4 aromatic carbocycles. The number of amides is 3. The van der Waals surface area contributed by atoms with E-state index in [0.29, 0.717) is 50.0 Å². The molecule has 4 aromatic rings. The van der Waals surface area contributed by atoms with Crippen LogP contribution >= 0.6 is 0 Å². The largest absolute Gasteiger partial charge is 0.506 e. The molecular formula is C40H47N5O6. The molecule has 1 heterocycles. The lowest BCUT2D eigenvalue weighted by Gasteiger charge is -2.31. The molecule has 1 atom stereocenters. The zero-order valence-corrected chi connectivity index (χ0v) is 29.2. The van der Waals surface area contributed by atoms with E-state index in [-0.39, 0.29) is 30.0 Å². The number of hydrogen-bond donors (Lipinski definition) is 6. The number of anilines is 3. The lowest BCUT2D eigenvalue weighted by atomic mass is 10.00. The third-order valence-corrected chi connectivity index (χ3v) is 9.19. The van der Waals surface area contributed by atoms with Crippen molar-refractivity contribution in [1.82, 2.24) is 10.2 Å². The van der Waals surface area contributed by atoms with Crippen LogP contribution in [0.2, 0.25) is 0 Å². The van der Waals surface area contributed by atoms with E-state index in [1.54, 1.807) is 12.1 Å². The van der Waals surface area contributed by atoms with Gasteiger partial charge in [0.15, 0.2) is 0 Å². The number of aromatic hydroxyl groups is 1. The van der Waals surface area contributed by atoms with Gasteiger partial charge in [-0.25, -0.2) is 4.79 Å². The maximum Gasteiger partial charge on any atom is 0.411 e. The lowest BCUT2D eigenvalue weighted by Crippen LogP contribution is -2.39. The number of likely N-dealkylation sites (tertiary alicyclic amines) is 1. The molecule has 1 fully saturated rings. The van der Waals surface area contributed by atoms with E-state index in [2.05, 4.69) is 39.2 Å². The molecule has 5 rings (SSSR count). The highest BCUT2D eigenvalue weighted by Gasteiger charge is 2.23. The molecule has 0 aromatic heterocycles. The van der Waals surface area contributed by atoms with Crippen molar-refractivity contribution in [1.29, 1.82) is 0 Å². The van der Waals surface area contributed by atoms with Gasteiger partial charge in [-0.15, -0.1) is 0 Å². The van der Waals surface area contributed by atoms with Crippen molar-refractivity contribution in [2.45, 2.75) is 58.3 Å². The number of phenols is 1. The third-order valence-electron chi connectivity index (χ3n) is 9.19. The van der Waals surface area contributed by atoms with Crippen LogP contribution in [-0.2, 0) is 27.3 Å². The summed E-state index contributed by atoms with van der Waals surface area (Å²) in [7, 11) is 0. The highest BCUT2D eigenvalue weighted by Crippen LogP contribution is 2.29. The molecule has 0 saturated carbocycles. The number of aryl methyl sites for hydroxylation is 2. The van der Waals surface area contributed by atoms with Gasteiger partial charge in [0.2, 0.25) is 12.3 Å². The van der Waals surface area contributed by atoms with Crippen LogP contribution in [0.15, 0.2) is 84.9 Å². The molecule has 0 spiro atoms. The predicted molar refractivity (Wildman–Crippen MR) is 200 cm³/mol. The van der Waals surface area contributed by atoms with Crippen LogP contribution in [0.1, 0.15) is 54.5 Å². The second-order valence-electron chi connectivity index (χ2n) is 12.8. The first-order chi connectivity index (χ1) is 24.7. The third kappa shape index (κ3) is 10.4. The number of hydrogen-bond acceptors (Lipinski definition) is 8. The lowest BCUT2D eigenvalue weighted by molar-refractivity contribution is -0.116. The van der Waals surface area contributed by atoms with E-state index in [0.717, 1.165) is 53.0 Å². The normalized spacial score (nSPS) is 14.0. The standard InChI is InChI=1S/C40H47N5O6/c1-3-28-22-35(27(2)21-31(28)24-41-25-38(48)30-13-14-37(47)36(23-30)42-26-46)43-39(49)17-20-45-18-15-32(16-19-45)51-40(50)44-34-12-8-7-11-33(34)29-9-5-4-6-10-29/h4-14,21-23,26,32,38,41,47-48H,3,15-20,24-25H2,1-2H3,(H,42,46)(H,43,49)(H,44,50)/t38-/m1/s1. The summed E-state index contributed by atoms with van der Waals surface area (Å²) in [6.07, 6.45) is 1.52. The van der Waals surface area contributed by atoms with Gasteiger partial charge in [0.25, 0.3) is 0 Å². The van der Waals surface area contributed by atoms with Crippen LogP contribution in [0, 0.1) is 6.92 Å². The average Bonchev–Trinajstić information content (AvgIpc) is 3.14. The molecule has 1 aliphatic heterocycles. The van der Waals surface area contributed by atoms with E-state index in [1.807, 2.05) is 67.6 Å². The van der Waals surface area contributed by atoms with Gasteiger partial charge < -0.3 is 35.8 Å². The van der Waals surface area contributed by atoms with E-state index in [1.165, 1.54) is 6.07 Å². The van der Waals surface area contributed by atoms with Gasteiger partial charge in [-0.05, 0) is 78.3 Å². The number of carbonyl (C=O) groups is 3. The second kappa shape index (κ2) is 18.1. The molecule has 0 bridgehead atoms. The summed E-state index contributed by atoms with van der Waals surface area (Å²) in [6, 6.07) is 26.2. The number of aliphatic hydroxyl groups is 1. The van der Waals surface area contributed by atoms with Gasteiger partial charge in [0, 0.05) is 50.4 Å². The van der Waals surface area contributed by atoms with Crippen LogP contribution in [-0.4, -0.2) is 65.8 Å². The Hall–Kier alpha value is -5.23. The minimum atomic E-state index is -0.839. The first-order valence-corrected chi connectivity index (χ1v) is 17.4. The molecule has 0 aliphatic carbocycles. The molecule has 0 radical (unpaired) electrons. The fourth-order valence-electron chi connectivity index (χ4n) is 6.32. The number of ether oxygens (including phenoxy) is 1. The zero-order valence-electron chi connectivity index (χ0n) is 29.2. The summed E-state index contributed by atoms with van der Waals surface area (Å²) in [5.41, 5.74) is 7.36. The Morgan fingerprint density at radius 2 is 1.67 bits per heavy atom. The summed E-state index contributed by atoms with van der Waals surface area (Å²) in [5, 5.41) is 32.2. The number of nitrogens with one attached hydrogen (secondary N) is 4. The number of rotatable bonds is 15. The van der Waals surface area contributed by atoms with Crippen molar-refractivity contribution in [2.75, 3.05) is 42.1 Å². The van der Waals surface area contributed by atoms with E-state index in [4.69, 9.17) is 4.74 Å².